The van der Waals surface area contributed by atoms with E-state index in [-0.39, 0.29) is 0 Å². The second-order valence-electron chi connectivity index (χ2n) is 14.1. The van der Waals surface area contributed by atoms with Gasteiger partial charge in [0.15, 0.2) is 0 Å². The van der Waals surface area contributed by atoms with Crippen LogP contribution in [-0.4, -0.2) is 0 Å². The highest BCUT2D eigenvalue weighted by atomic mass is 15.1. The molecule has 10 aromatic carbocycles. The monoisotopic (exact) mass is 699 g/mol. The molecule has 0 atom stereocenters. The smallest absolute Gasteiger partial charge is 0.0540 e. The van der Waals surface area contributed by atoms with Crippen molar-refractivity contribution >= 4 is 49.4 Å². The van der Waals surface area contributed by atoms with Crippen LogP contribution in [0, 0.1) is 0 Å². The van der Waals surface area contributed by atoms with Gasteiger partial charge in [0, 0.05) is 16.8 Å². The quantitative estimate of drug-likeness (QED) is 0.150. The van der Waals surface area contributed by atoms with E-state index in [0.717, 1.165) is 17.1 Å². The standard InChI is InChI=1S/C54H37N/c1-3-13-39(14-4-1)49-35-30-44(37-53(49)41-15-5-2-6-16-41)38-25-31-45(32-26-38)55(54-24-11-19-40-17-8-10-21-50(40)54)46-33-27-43(28-34-46)48-22-12-23-51-47-20-9-7-18-42(47)29-36-52(48)51/h1-37H. The fourth-order valence-corrected chi connectivity index (χ4v) is 8.17. The minimum atomic E-state index is 1.11. The van der Waals surface area contributed by atoms with Crippen LogP contribution in [0.2, 0.25) is 0 Å². The summed E-state index contributed by atoms with van der Waals surface area (Å²) in [7, 11) is 0. The molecule has 0 saturated carbocycles. The molecule has 0 spiro atoms. The number of rotatable bonds is 7. The Kier molecular flexibility index (Phi) is 8.24. The van der Waals surface area contributed by atoms with Crippen LogP contribution < -0.4 is 4.90 Å². The summed E-state index contributed by atoms with van der Waals surface area (Å²) in [5.41, 5.74) is 13.1. The van der Waals surface area contributed by atoms with Crippen LogP contribution in [0.5, 0.6) is 0 Å². The van der Waals surface area contributed by atoms with Crippen molar-refractivity contribution in [3.63, 3.8) is 0 Å². The molecule has 258 valence electrons. The van der Waals surface area contributed by atoms with Gasteiger partial charge >= 0.3 is 0 Å². The average Bonchev–Trinajstić information content (AvgIpc) is 3.27. The lowest BCUT2D eigenvalue weighted by Gasteiger charge is -2.27. The summed E-state index contributed by atoms with van der Waals surface area (Å²) in [5, 5.41) is 7.52. The van der Waals surface area contributed by atoms with Gasteiger partial charge in [-0.2, -0.15) is 0 Å². The molecule has 0 saturated heterocycles. The van der Waals surface area contributed by atoms with Crippen LogP contribution in [0.25, 0.3) is 76.8 Å². The first-order valence-electron chi connectivity index (χ1n) is 18.9. The highest BCUT2D eigenvalue weighted by molar-refractivity contribution is 6.12. The summed E-state index contributed by atoms with van der Waals surface area (Å²) in [6, 6.07) is 81.4. The average molecular weight is 700 g/mol. The fraction of sp³-hybridized carbons (Fsp3) is 0. The number of nitrogens with zero attached hydrogens (tertiary/aromatic N) is 1. The van der Waals surface area contributed by atoms with Crippen LogP contribution in [-0.2, 0) is 0 Å². The molecule has 1 heteroatoms. The number of hydrogen-bond acceptors (Lipinski definition) is 1. The number of hydrogen-bond donors (Lipinski definition) is 0. The number of anilines is 3. The molecule has 0 radical (unpaired) electrons. The third kappa shape index (κ3) is 6.02. The van der Waals surface area contributed by atoms with Gasteiger partial charge in [-0.05, 0) is 108 Å². The third-order valence-electron chi connectivity index (χ3n) is 10.9. The third-order valence-corrected chi connectivity index (χ3v) is 10.9. The summed E-state index contributed by atoms with van der Waals surface area (Å²) < 4.78 is 0. The zero-order valence-corrected chi connectivity index (χ0v) is 30.3. The van der Waals surface area contributed by atoms with E-state index in [4.69, 9.17) is 0 Å². The Balaban J connectivity index is 1.06. The molecule has 0 unspecified atom stereocenters. The highest BCUT2D eigenvalue weighted by Gasteiger charge is 2.17. The molecule has 0 aromatic heterocycles. The molecule has 55 heavy (non-hydrogen) atoms. The highest BCUT2D eigenvalue weighted by Crippen LogP contribution is 2.42. The lowest BCUT2D eigenvalue weighted by Crippen LogP contribution is -2.10. The minimum absolute atomic E-state index is 1.11. The van der Waals surface area contributed by atoms with Crippen molar-refractivity contribution in [2.75, 3.05) is 4.90 Å². The lowest BCUT2D eigenvalue weighted by atomic mass is 9.91. The Morgan fingerprint density at radius 3 is 1.45 bits per heavy atom. The van der Waals surface area contributed by atoms with E-state index in [0.29, 0.717) is 0 Å². The SMILES string of the molecule is c1ccc(-c2ccc(-c3ccc(N(c4ccc(-c5cccc6c5ccc5ccccc56)cc4)c4cccc5ccccc45)cc3)cc2-c2ccccc2)cc1. The van der Waals surface area contributed by atoms with Crippen molar-refractivity contribution in [3.05, 3.63) is 224 Å². The molecule has 0 bridgehead atoms. The first kappa shape index (κ1) is 32.4. The van der Waals surface area contributed by atoms with E-state index in [2.05, 4.69) is 229 Å². The second kappa shape index (κ2) is 14.0. The van der Waals surface area contributed by atoms with Gasteiger partial charge in [0.2, 0.25) is 0 Å². The van der Waals surface area contributed by atoms with Crippen molar-refractivity contribution in [2.45, 2.75) is 0 Å². The molecule has 10 rings (SSSR count). The Bertz CT molecular complexity index is 2940. The molecular formula is C54H37N. The van der Waals surface area contributed by atoms with Crippen molar-refractivity contribution in [3.8, 4) is 44.5 Å². The maximum Gasteiger partial charge on any atom is 0.0540 e. The van der Waals surface area contributed by atoms with Crippen molar-refractivity contribution < 1.29 is 0 Å². The Hall–Kier alpha value is -7.22. The zero-order valence-electron chi connectivity index (χ0n) is 30.3. The predicted octanol–water partition coefficient (Wildman–Crippen LogP) is 15.3. The van der Waals surface area contributed by atoms with E-state index < -0.39 is 0 Å². The minimum Gasteiger partial charge on any atom is -0.310 e. The van der Waals surface area contributed by atoms with Crippen molar-refractivity contribution in [2.24, 2.45) is 0 Å². The normalized spacial score (nSPS) is 11.3. The second-order valence-corrected chi connectivity index (χ2v) is 14.1. The summed E-state index contributed by atoms with van der Waals surface area (Å²) in [6.07, 6.45) is 0. The molecule has 10 aromatic rings. The summed E-state index contributed by atoms with van der Waals surface area (Å²) >= 11 is 0. The molecule has 0 heterocycles. The van der Waals surface area contributed by atoms with Crippen LogP contribution in [0.4, 0.5) is 17.1 Å². The first-order valence-corrected chi connectivity index (χ1v) is 18.9. The maximum absolute atomic E-state index is 2.39. The van der Waals surface area contributed by atoms with Crippen LogP contribution in [0.3, 0.4) is 0 Å². The van der Waals surface area contributed by atoms with Gasteiger partial charge in [-0.3, -0.25) is 0 Å². The van der Waals surface area contributed by atoms with Gasteiger partial charge < -0.3 is 4.90 Å². The molecule has 1 nitrogen and oxygen atoms in total. The summed E-state index contributed by atoms with van der Waals surface area (Å²) in [5.74, 6) is 0. The van der Waals surface area contributed by atoms with Gasteiger partial charge in [-0.25, -0.2) is 0 Å². The van der Waals surface area contributed by atoms with Gasteiger partial charge in [0.25, 0.3) is 0 Å². The van der Waals surface area contributed by atoms with Gasteiger partial charge in [-0.1, -0.05) is 188 Å². The molecule has 0 aliphatic heterocycles. The predicted molar refractivity (Wildman–Crippen MR) is 235 cm³/mol. The first-order chi connectivity index (χ1) is 27.3. The zero-order chi connectivity index (χ0) is 36.6. The van der Waals surface area contributed by atoms with Crippen LogP contribution in [0.1, 0.15) is 0 Å². The summed E-state index contributed by atoms with van der Waals surface area (Å²) in [4.78, 5) is 2.39. The van der Waals surface area contributed by atoms with E-state index in [9.17, 15) is 0 Å². The van der Waals surface area contributed by atoms with Crippen molar-refractivity contribution in [1.82, 2.24) is 0 Å². The van der Waals surface area contributed by atoms with Gasteiger partial charge in [0.05, 0.1) is 5.69 Å². The molecule has 0 aliphatic carbocycles. The van der Waals surface area contributed by atoms with Crippen LogP contribution in [0.15, 0.2) is 224 Å². The Morgan fingerprint density at radius 1 is 0.236 bits per heavy atom. The Labute approximate surface area is 322 Å². The molecular weight excluding hydrogens is 663 g/mol. The van der Waals surface area contributed by atoms with E-state index in [1.54, 1.807) is 0 Å². The largest absolute Gasteiger partial charge is 0.310 e. The number of fused-ring (bicyclic) bond motifs is 4. The fourth-order valence-electron chi connectivity index (χ4n) is 8.17. The summed E-state index contributed by atoms with van der Waals surface area (Å²) in [6.45, 7) is 0. The topological polar surface area (TPSA) is 3.24 Å². The van der Waals surface area contributed by atoms with E-state index in [1.807, 2.05) is 0 Å². The molecule has 0 fully saturated rings. The number of benzene rings is 10. The Morgan fingerprint density at radius 2 is 0.745 bits per heavy atom. The van der Waals surface area contributed by atoms with Crippen LogP contribution >= 0.6 is 0 Å². The van der Waals surface area contributed by atoms with E-state index in [1.165, 1.54) is 76.8 Å². The molecule has 0 amide bonds. The van der Waals surface area contributed by atoms with Gasteiger partial charge in [0.1, 0.15) is 0 Å². The van der Waals surface area contributed by atoms with Crippen molar-refractivity contribution in [1.29, 1.82) is 0 Å². The lowest BCUT2D eigenvalue weighted by molar-refractivity contribution is 1.30. The van der Waals surface area contributed by atoms with E-state index >= 15 is 0 Å². The van der Waals surface area contributed by atoms with Gasteiger partial charge in [-0.15, -0.1) is 0 Å². The molecule has 0 N–H and O–H groups in total. The maximum atomic E-state index is 2.39. The molecule has 0 aliphatic rings.